The van der Waals surface area contributed by atoms with Crippen LogP contribution in [0.5, 0.6) is 0 Å². The Labute approximate surface area is 69.4 Å². The Hall–Kier alpha value is -0.370. The van der Waals surface area contributed by atoms with E-state index in [0.717, 1.165) is 13.0 Å². The van der Waals surface area contributed by atoms with E-state index in [0.29, 0.717) is 12.2 Å². The minimum absolute atomic E-state index is 0.307. The van der Waals surface area contributed by atoms with Crippen molar-refractivity contribution in [2.75, 3.05) is 6.54 Å². The molecule has 0 radical (unpaired) electrons. The molecule has 0 saturated carbocycles. The second-order valence-corrected chi connectivity index (χ2v) is 3.33. The predicted molar refractivity (Wildman–Crippen MR) is 47.7 cm³/mol. The van der Waals surface area contributed by atoms with Crippen molar-refractivity contribution in [3.63, 3.8) is 0 Å². The number of nitrogens with one attached hydrogen (secondary N) is 1. The van der Waals surface area contributed by atoms with Crippen LogP contribution in [0.15, 0.2) is 0 Å². The Kier molecular flexibility index (Phi) is 4.34. The molecule has 0 fully saturated rings. The van der Waals surface area contributed by atoms with Gasteiger partial charge in [-0.2, -0.15) is 0 Å². The average Bonchev–Trinajstić information content (AvgIpc) is 1.88. The van der Waals surface area contributed by atoms with Crippen LogP contribution in [0, 0.1) is 0 Å². The summed E-state index contributed by atoms with van der Waals surface area (Å²) in [6.45, 7) is 8.77. The first-order chi connectivity index (χ1) is 5.04. The number of carbonyl (C=O) groups excluding carboxylic acids is 1. The molecular weight excluding hydrogens is 138 g/mol. The van der Waals surface area contributed by atoms with Gasteiger partial charge in [0.2, 0.25) is 0 Å². The van der Waals surface area contributed by atoms with Gasteiger partial charge in [0.25, 0.3) is 0 Å². The largest absolute Gasteiger partial charge is 0.306 e. The van der Waals surface area contributed by atoms with Crippen LogP contribution >= 0.6 is 0 Å². The number of ketones is 1. The molecule has 0 atom stereocenters. The molecule has 0 aromatic rings. The summed E-state index contributed by atoms with van der Waals surface area (Å²) in [4.78, 5) is 11.4. The lowest BCUT2D eigenvalue weighted by Gasteiger charge is -2.23. The lowest BCUT2D eigenvalue weighted by molar-refractivity contribution is -0.124. The Balaban J connectivity index is 3.94. The Morgan fingerprint density at radius 1 is 1.36 bits per heavy atom. The third-order valence-corrected chi connectivity index (χ3v) is 1.79. The predicted octanol–water partition coefficient (Wildman–Crippen LogP) is 1.74. The molecule has 0 aliphatic carbocycles. The van der Waals surface area contributed by atoms with Crippen molar-refractivity contribution in [1.82, 2.24) is 5.32 Å². The first kappa shape index (κ1) is 10.6. The molecule has 11 heavy (non-hydrogen) atoms. The normalized spacial score (nSPS) is 11.6. The summed E-state index contributed by atoms with van der Waals surface area (Å²) >= 11 is 0. The zero-order valence-corrected chi connectivity index (χ0v) is 8.03. The topological polar surface area (TPSA) is 29.1 Å². The monoisotopic (exact) mass is 157 g/mol. The van der Waals surface area contributed by atoms with E-state index in [1.807, 2.05) is 27.7 Å². The fourth-order valence-corrected chi connectivity index (χ4v) is 1.08. The highest BCUT2D eigenvalue weighted by molar-refractivity contribution is 5.87. The highest BCUT2D eigenvalue weighted by Crippen LogP contribution is 2.07. The zero-order valence-electron chi connectivity index (χ0n) is 8.03. The maximum absolute atomic E-state index is 11.4. The minimum Gasteiger partial charge on any atom is -0.306 e. The molecule has 66 valence electrons. The molecule has 2 nitrogen and oxygen atoms in total. The standard InChI is InChI=1S/C9H19NO/c1-5-7-8(11)9(3,4)10-6-2/h10H,5-7H2,1-4H3. The van der Waals surface area contributed by atoms with Crippen molar-refractivity contribution in [1.29, 1.82) is 0 Å². The number of hydrogen-bond acceptors (Lipinski definition) is 2. The van der Waals surface area contributed by atoms with Crippen molar-refractivity contribution in [3.05, 3.63) is 0 Å². The Morgan fingerprint density at radius 3 is 2.27 bits per heavy atom. The molecule has 0 rings (SSSR count). The Morgan fingerprint density at radius 2 is 1.91 bits per heavy atom. The lowest BCUT2D eigenvalue weighted by atomic mass is 9.96. The quantitative estimate of drug-likeness (QED) is 0.658. The van der Waals surface area contributed by atoms with Crippen LogP contribution in [0.3, 0.4) is 0 Å². The van der Waals surface area contributed by atoms with E-state index < -0.39 is 0 Å². The number of rotatable bonds is 5. The van der Waals surface area contributed by atoms with Crippen molar-refractivity contribution >= 4 is 5.78 Å². The first-order valence-electron chi connectivity index (χ1n) is 4.33. The fourth-order valence-electron chi connectivity index (χ4n) is 1.08. The SMILES string of the molecule is CCCC(=O)C(C)(C)NCC. The van der Waals surface area contributed by atoms with Gasteiger partial charge in [-0.1, -0.05) is 13.8 Å². The van der Waals surface area contributed by atoms with Gasteiger partial charge < -0.3 is 5.32 Å². The first-order valence-corrected chi connectivity index (χ1v) is 4.33. The van der Waals surface area contributed by atoms with E-state index in [-0.39, 0.29) is 5.54 Å². The summed E-state index contributed by atoms with van der Waals surface area (Å²) in [6.07, 6.45) is 1.62. The minimum atomic E-state index is -0.329. The molecule has 0 aromatic heterocycles. The van der Waals surface area contributed by atoms with Gasteiger partial charge in [0, 0.05) is 6.42 Å². The van der Waals surface area contributed by atoms with Gasteiger partial charge >= 0.3 is 0 Å². The molecule has 0 spiro atoms. The maximum Gasteiger partial charge on any atom is 0.152 e. The van der Waals surface area contributed by atoms with E-state index >= 15 is 0 Å². The van der Waals surface area contributed by atoms with Crippen LogP contribution in [0.1, 0.15) is 40.5 Å². The molecule has 0 amide bonds. The summed E-state index contributed by atoms with van der Waals surface area (Å²) in [7, 11) is 0. The number of hydrogen-bond donors (Lipinski definition) is 1. The second kappa shape index (κ2) is 4.50. The van der Waals surface area contributed by atoms with E-state index in [1.165, 1.54) is 0 Å². The maximum atomic E-state index is 11.4. The summed E-state index contributed by atoms with van der Waals surface area (Å²) in [6, 6.07) is 0. The number of Topliss-reactive ketones (excluding diaryl/α,β-unsaturated/α-hetero) is 1. The van der Waals surface area contributed by atoms with E-state index in [1.54, 1.807) is 0 Å². The molecule has 0 bridgehead atoms. The summed E-state index contributed by atoms with van der Waals surface area (Å²) < 4.78 is 0. The van der Waals surface area contributed by atoms with Crippen LogP contribution in [-0.4, -0.2) is 17.9 Å². The average molecular weight is 157 g/mol. The summed E-state index contributed by atoms with van der Waals surface area (Å²) in [5.74, 6) is 0.307. The zero-order chi connectivity index (χ0) is 8.91. The smallest absolute Gasteiger partial charge is 0.152 e. The molecule has 0 aliphatic rings. The van der Waals surface area contributed by atoms with Gasteiger partial charge in [-0.25, -0.2) is 0 Å². The van der Waals surface area contributed by atoms with Gasteiger partial charge in [0.15, 0.2) is 5.78 Å². The molecular formula is C9H19NO. The molecule has 1 N–H and O–H groups in total. The van der Waals surface area contributed by atoms with Crippen LogP contribution in [0.4, 0.5) is 0 Å². The Bertz CT molecular complexity index is 130. The van der Waals surface area contributed by atoms with Crippen LogP contribution in [0.25, 0.3) is 0 Å². The van der Waals surface area contributed by atoms with Crippen molar-refractivity contribution < 1.29 is 4.79 Å². The van der Waals surface area contributed by atoms with Gasteiger partial charge in [-0.05, 0) is 26.8 Å². The molecule has 0 heterocycles. The van der Waals surface area contributed by atoms with Crippen molar-refractivity contribution in [2.45, 2.75) is 46.1 Å². The third kappa shape index (κ3) is 3.51. The van der Waals surface area contributed by atoms with Gasteiger partial charge in [0.05, 0.1) is 5.54 Å². The summed E-state index contributed by atoms with van der Waals surface area (Å²) in [5, 5.41) is 3.16. The highest BCUT2D eigenvalue weighted by Gasteiger charge is 2.24. The van der Waals surface area contributed by atoms with Crippen molar-refractivity contribution in [2.24, 2.45) is 0 Å². The molecule has 0 unspecified atom stereocenters. The molecule has 0 aromatic carbocycles. The molecule has 2 heteroatoms. The molecule has 0 aliphatic heterocycles. The van der Waals surface area contributed by atoms with Crippen LogP contribution < -0.4 is 5.32 Å². The molecule has 0 saturated heterocycles. The van der Waals surface area contributed by atoms with E-state index in [2.05, 4.69) is 5.32 Å². The number of likely N-dealkylation sites (N-methyl/N-ethyl adjacent to an activating group) is 1. The van der Waals surface area contributed by atoms with Gasteiger partial charge in [0.1, 0.15) is 0 Å². The second-order valence-electron chi connectivity index (χ2n) is 3.33. The van der Waals surface area contributed by atoms with E-state index in [4.69, 9.17) is 0 Å². The lowest BCUT2D eigenvalue weighted by Crippen LogP contribution is -2.46. The van der Waals surface area contributed by atoms with Gasteiger partial charge in [-0.15, -0.1) is 0 Å². The van der Waals surface area contributed by atoms with E-state index in [9.17, 15) is 4.79 Å². The van der Waals surface area contributed by atoms with Gasteiger partial charge in [-0.3, -0.25) is 4.79 Å². The van der Waals surface area contributed by atoms with Crippen molar-refractivity contribution in [3.8, 4) is 0 Å². The van der Waals surface area contributed by atoms with Crippen LogP contribution in [-0.2, 0) is 4.79 Å². The highest BCUT2D eigenvalue weighted by atomic mass is 16.1. The number of carbonyl (C=O) groups is 1. The summed E-state index contributed by atoms with van der Waals surface area (Å²) in [5.41, 5.74) is -0.329. The van der Waals surface area contributed by atoms with Crippen LogP contribution in [0.2, 0.25) is 0 Å². The fraction of sp³-hybridized carbons (Fsp3) is 0.889. The third-order valence-electron chi connectivity index (χ3n) is 1.79.